The number of fused-ring (bicyclic) bond motifs is 1. The van der Waals surface area contributed by atoms with E-state index in [1.165, 1.54) is 5.56 Å². The van der Waals surface area contributed by atoms with Crippen molar-refractivity contribution in [3.05, 3.63) is 78.2 Å². The molecule has 0 spiro atoms. The van der Waals surface area contributed by atoms with Gasteiger partial charge in [-0.15, -0.1) is 0 Å². The predicted octanol–water partition coefficient (Wildman–Crippen LogP) is 3.39. The summed E-state index contributed by atoms with van der Waals surface area (Å²) in [6.45, 7) is 7.81. The number of nitrogens with zero attached hydrogens (tertiary/aromatic N) is 4. The first kappa shape index (κ1) is 21.7. The van der Waals surface area contributed by atoms with Gasteiger partial charge in [-0.2, -0.15) is 0 Å². The minimum Gasteiger partial charge on any atom is -0.444 e. The molecule has 7 heteroatoms. The van der Waals surface area contributed by atoms with Crippen molar-refractivity contribution < 1.29 is 9.15 Å². The average molecular weight is 446 g/mol. The Balaban J connectivity index is 1.27. The summed E-state index contributed by atoms with van der Waals surface area (Å²) >= 11 is 0. The van der Waals surface area contributed by atoms with Gasteiger partial charge in [0.1, 0.15) is 12.0 Å². The molecular formula is C26H31N5O2. The van der Waals surface area contributed by atoms with Crippen molar-refractivity contribution in [1.29, 1.82) is 0 Å². The molecule has 2 aliphatic rings. The Labute approximate surface area is 195 Å². The van der Waals surface area contributed by atoms with Crippen LogP contribution >= 0.6 is 0 Å². The first-order valence-electron chi connectivity index (χ1n) is 11.7. The fourth-order valence-electron chi connectivity index (χ4n) is 4.62. The molecule has 2 unspecified atom stereocenters. The molecule has 0 bridgehead atoms. The zero-order valence-corrected chi connectivity index (χ0v) is 19.1. The third kappa shape index (κ3) is 5.10. The Morgan fingerprint density at radius 2 is 1.88 bits per heavy atom. The third-order valence-electron chi connectivity index (χ3n) is 6.24. The maximum absolute atomic E-state index is 6.15. The van der Waals surface area contributed by atoms with E-state index in [9.17, 15) is 0 Å². The van der Waals surface area contributed by atoms with Crippen molar-refractivity contribution in [2.45, 2.75) is 32.2 Å². The molecule has 3 heterocycles. The highest BCUT2D eigenvalue weighted by molar-refractivity contribution is 5.80. The number of hydrogen-bond acceptors (Lipinski definition) is 5. The van der Waals surface area contributed by atoms with Crippen LogP contribution < -0.4 is 5.32 Å². The van der Waals surface area contributed by atoms with E-state index in [1.807, 2.05) is 30.3 Å². The summed E-state index contributed by atoms with van der Waals surface area (Å²) in [6.07, 6.45) is 1.90. The van der Waals surface area contributed by atoms with Crippen LogP contribution in [-0.4, -0.2) is 65.7 Å². The molecule has 2 saturated heterocycles. The molecule has 2 atom stereocenters. The van der Waals surface area contributed by atoms with Crippen molar-refractivity contribution in [2.75, 3.05) is 32.8 Å². The molecule has 0 aliphatic carbocycles. The first-order chi connectivity index (χ1) is 16.3. The Kier molecular flexibility index (Phi) is 6.69. The molecule has 7 nitrogen and oxygen atoms in total. The lowest BCUT2D eigenvalue weighted by molar-refractivity contribution is -0.0502. The van der Waals surface area contributed by atoms with E-state index in [0.29, 0.717) is 18.5 Å². The van der Waals surface area contributed by atoms with E-state index < -0.39 is 0 Å². The molecule has 5 rings (SSSR count). The Morgan fingerprint density at radius 3 is 2.67 bits per heavy atom. The standard InChI is InChI=1S/C26H31N5O2/c1-2-27-26(28-15-22-19-33-25(29-22)21-11-7-4-8-12-21)31-17-23-24(18-31)32-14-13-30(23)16-20-9-5-3-6-10-20/h3-12,19,23-24H,2,13-18H2,1H3,(H,27,28). The van der Waals surface area contributed by atoms with Crippen LogP contribution in [0.15, 0.2) is 76.3 Å². The van der Waals surface area contributed by atoms with Crippen molar-refractivity contribution in [1.82, 2.24) is 20.1 Å². The normalized spacial score (nSPS) is 21.2. The highest BCUT2D eigenvalue weighted by Gasteiger charge is 2.41. The third-order valence-corrected chi connectivity index (χ3v) is 6.24. The second-order valence-corrected chi connectivity index (χ2v) is 8.52. The van der Waals surface area contributed by atoms with E-state index in [1.54, 1.807) is 6.26 Å². The maximum Gasteiger partial charge on any atom is 0.226 e. The summed E-state index contributed by atoms with van der Waals surface area (Å²) in [5.74, 6) is 1.53. The minimum atomic E-state index is 0.197. The highest BCUT2D eigenvalue weighted by atomic mass is 16.5. The molecule has 172 valence electrons. The lowest BCUT2D eigenvalue weighted by atomic mass is 10.1. The van der Waals surface area contributed by atoms with E-state index in [-0.39, 0.29) is 6.10 Å². The Morgan fingerprint density at radius 1 is 1.09 bits per heavy atom. The molecule has 3 aromatic rings. The molecular weight excluding hydrogens is 414 g/mol. The van der Waals surface area contributed by atoms with E-state index in [0.717, 1.165) is 56.5 Å². The fraction of sp³-hybridized carbons (Fsp3) is 0.385. The average Bonchev–Trinajstić information content (AvgIpc) is 3.51. The van der Waals surface area contributed by atoms with Gasteiger partial charge in [0.05, 0.1) is 25.3 Å². The molecule has 2 aliphatic heterocycles. The predicted molar refractivity (Wildman–Crippen MR) is 129 cm³/mol. The van der Waals surface area contributed by atoms with Gasteiger partial charge in [-0.1, -0.05) is 48.5 Å². The largest absolute Gasteiger partial charge is 0.444 e. The van der Waals surface area contributed by atoms with Crippen molar-refractivity contribution in [3.8, 4) is 11.5 Å². The topological polar surface area (TPSA) is 66.1 Å². The number of aliphatic imine (C=N–C) groups is 1. The van der Waals surface area contributed by atoms with Crippen LogP contribution in [0.25, 0.3) is 11.5 Å². The second kappa shape index (κ2) is 10.2. The number of hydrogen-bond donors (Lipinski definition) is 1. The van der Waals surface area contributed by atoms with Gasteiger partial charge in [0.25, 0.3) is 0 Å². The van der Waals surface area contributed by atoms with E-state index >= 15 is 0 Å². The van der Waals surface area contributed by atoms with Crippen LogP contribution in [0, 0.1) is 0 Å². The summed E-state index contributed by atoms with van der Waals surface area (Å²) in [7, 11) is 0. The van der Waals surface area contributed by atoms with Crippen LogP contribution in [0.3, 0.4) is 0 Å². The fourth-order valence-corrected chi connectivity index (χ4v) is 4.62. The number of aromatic nitrogens is 1. The molecule has 2 fully saturated rings. The zero-order valence-electron chi connectivity index (χ0n) is 19.1. The smallest absolute Gasteiger partial charge is 0.226 e. The number of ether oxygens (including phenoxy) is 1. The zero-order chi connectivity index (χ0) is 22.5. The lowest BCUT2D eigenvalue weighted by Gasteiger charge is -2.36. The van der Waals surface area contributed by atoms with Gasteiger partial charge in [-0.25, -0.2) is 9.98 Å². The lowest BCUT2D eigenvalue weighted by Crippen LogP contribution is -2.50. The van der Waals surface area contributed by atoms with Gasteiger partial charge >= 0.3 is 0 Å². The number of oxazole rings is 1. The number of likely N-dealkylation sites (tertiary alicyclic amines) is 1. The summed E-state index contributed by atoms with van der Waals surface area (Å²) in [6, 6.07) is 21.0. The quantitative estimate of drug-likeness (QED) is 0.464. The summed E-state index contributed by atoms with van der Waals surface area (Å²) in [5.41, 5.74) is 3.14. The summed E-state index contributed by atoms with van der Waals surface area (Å²) in [4.78, 5) is 14.4. The van der Waals surface area contributed by atoms with Crippen LogP contribution in [0.4, 0.5) is 0 Å². The maximum atomic E-state index is 6.15. The molecule has 2 aromatic carbocycles. The Bertz CT molecular complexity index is 1050. The molecule has 1 N–H and O–H groups in total. The molecule has 1 aromatic heterocycles. The summed E-state index contributed by atoms with van der Waals surface area (Å²) in [5, 5.41) is 3.45. The minimum absolute atomic E-state index is 0.197. The van der Waals surface area contributed by atoms with Crippen molar-refractivity contribution in [3.63, 3.8) is 0 Å². The number of morpholine rings is 1. The number of guanidine groups is 1. The molecule has 0 radical (unpaired) electrons. The van der Waals surface area contributed by atoms with E-state index in [2.05, 4.69) is 57.4 Å². The SMILES string of the molecule is CCNC(=NCc1coc(-c2ccccc2)n1)N1CC2OCCN(Cc3ccccc3)C2C1. The molecule has 33 heavy (non-hydrogen) atoms. The van der Waals surface area contributed by atoms with E-state index in [4.69, 9.17) is 14.1 Å². The van der Waals surface area contributed by atoms with Crippen LogP contribution in [0.1, 0.15) is 18.2 Å². The van der Waals surface area contributed by atoms with Gasteiger partial charge < -0.3 is 19.4 Å². The highest BCUT2D eigenvalue weighted by Crippen LogP contribution is 2.25. The summed E-state index contributed by atoms with van der Waals surface area (Å²) < 4.78 is 11.8. The van der Waals surface area contributed by atoms with Gasteiger partial charge in [-0.3, -0.25) is 4.90 Å². The molecule has 0 amide bonds. The van der Waals surface area contributed by atoms with Crippen molar-refractivity contribution in [2.24, 2.45) is 4.99 Å². The number of nitrogens with one attached hydrogen (secondary N) is 1. The van der Waals surface area contributed by atoms with Crippen molar-refractivity contribution >= 4 is 5.96 Å². The Hall–Kier alpha value is -3.16. The molecule has 0 saturated carbocycles. The van der Waals surface area contributed by atoms with Gasteiger partial charge in [0.2, 0.25) is 5.89 Å². The van der Waals surface area contributed by atoms with Gasteiger partial charge in [0.15, 0.2) is 5.96 Å². The van der Waals surface area contributed by atoms with Crippen LogP contribution in [0.2, 0.25) is 0 Å². The van der Waals surface area contributed by atoms with Gasteiger partial charge in [-0.05, 0) is 24.6 Å². The van der Waals surface area contributed by atoms with Crippen LogP contribution in [-0.2, 0) is 17.8 Å². The van der Waals surface area contributed by atoms with Gasteiger partial charge in [0, 0.05) is 38.3 Å². The second-order valence-electron chi connectivity index (χ2n) is 8.52. The first-order valence-corrected chi connectivity index (χ1v) is 11.7. The van der Waals surface area contributed by atoms with Crippen LogP contribution in [0.5, 0.6) is 0 Å². The number of benzene rings is 2. The number of rotatable bonds is 6. The monoisotopic (exact) mass is 445 g/mol.